The molecule has 0 atom stereocenters. The maximum Gasteiger partial charge on any atom is 0.401 e. The molecule has 1 aromatic carbocycles. The molecule has 210 valence electrons. The number of nitrogens with zero attached hydrogens (tertiary/aromatic N) is 3. The average Bonchev–Trinajstić information content (AvgIpc) is 3.40. The summed E-state index contributed by atoms with van der Waals surface area (Å²) in [4.78, 5) is 25.3. The van der Waals surface area contributed by atoms with Crippen molar-refractivity contribution in [2.45, 2.75) is 71.3 Å². The summed E-state index contributed by atoms with van der Waals surface area (Å²) in [5.74, 6) is -4.03. The molecule has 0 spiro atoms. The van der Waals surface area contributed by atoms with E-state index in [-0.39, 0.29) is 28.7 Å². The van der Waals surface area contributed by atoms with Gasteiger partial charge in [-0.25, -0.2) is 13.5 Å². The summed E-state index contributed by atoms with van der Waals surface area (Å²) >= 11 is 0. The van der Waals surface area contributed by atoms with Gasteiger partial charge in [-0.15, -0.1) is 0 Å². The van der Waals surface area contributed by atoms with Gasteiger partial charge in [-0.05, 0) is 53.7 Å². The Morgan fingerprint density at radius 3 is 2.31 bits per heavy atom. The number of aromatic nitrogens is 3. The molecule has 0 saturated carbocycles. The number of halogens is 5. The Labute approximate surface area is 220 Å². The summed E-state index contributed by atoms with van der Waals surface area (Å²) < 4.78 is 76.1. The zero-order chi connectivity index (χ0) is 29.1. The van der Waals surface area contributed by atoms with E-state index in [0.717, 1.165) is 32.0 Å². The summed E-state index contributed by atoms with van der Waals surface area (Å²) in [5, 5.41) is 15.9. The highest BCUT2D eigenvalue weighted by Crippen LogP contribution is 2.41. The summed E-state index contributed by atoms with van der Waals surface area (Å²) in [7, 11) is 0. The molecule has 1 aliphatic rings. The van der Waals surface area contributed by atoms with Gasteiger partial charge < -0.3 is 20.5 Å². The molecule has 0 bridgehead atoms. The molecule has 39 heavy (non-hydrogen) atoms. The second kappa shape index (κ2) is 9.35. The minimum Gasteiger partial charge on any atom is -0.358 e. The lowest BCUT2D eigenvalue weighted by Crippen LogP contribution is -2.53. The van der Waals surface area contributed by atoms with E-state index in [1.54, 1.807) is 18.5 Å². The van der Waals surface area contributed by atoms with Crippen molar-refractivity contribution in [2.24, 2.45) is 0 Å². The molecule has 14 heteroatoms. The third kappa shape index (κ3) is 5.19. The van der Waals surface area contributed by atoms with Crippen LogP contribution in [0.4, 0.5) is 33.6 Å². The average molecular weight is 555 g/mol. The molecular formula is C25H27F5N6O3. The van der Waals surface area contributed by atoms with Gasteiger partial charge in [-0.1, -0.05) is 5.16 Å². The van der Waals surface area contributed by atoms with Crippen LogP contribution in [0, 0.1) is 11.6 Å². The van der Waals surface area contributed by atoms with E-state index in [1.807, 2.05) is 13.8 Å². The van der Waals surface area contributed by atoms with Gasteiger partial charge in [0.15, 0.2) is 11.6 Å². The molecule has 0 fully saturated rings. The van der Waals surface area contributed by atoms with Gasteiger partial charge >= 0.3 is 6.18 Å². The maximum atomic E-state index is 15.1. The Balaban J connectivity index is 1.60. The third-order valence-electron chi connectivity index (χ3n) is 6.34. The van der Waals surface area contributed by atoms with Crippen LogP contribution < -0.4 is 16.0 Å². The lowest BCUT2D eigenvalue weighted by atomic mass is 9.89. The quantitative estimate of drug-likeness (QED) is 0.356. The number of carbonyl (C=O) groups is 2. The van der Waals surface area contributed by atoms with Gasteiger partial charge in [0.2, 0.25) is 5.91 Å². The fourth-order valence-corrected chi connectivity index (χ4v) is 4.04. The van der Waals surface area contributed by atoms with Crippen molar-refractivity contribution in [1.29, 1.82) is 0 Å². The number of amides is 2. The summed E-state index contributed by atoms with van der Waals surface area (Å²) in [6.07, 6.45) is -5.42. The highest BCUT2D eigenvalue weighted by molar-refractivity contribution is 6.06. The van der Waals surface area contributed by atoms with E-state index in [9.17, 15) is 22.8 Å². The first kappa shape index (κ1) is 28.0. The predicted molar refractivity (Wildman–Crippen MR) is 131 cm³/mol. The van der Waals surface area contributed by atoms with Crippen molar-refractivity contribution in [3.8, 4) is 11.3 Å². The van der Waals surface area contributed by atoms with Crippen molar-refractivity contribution in [1.82, 2.24) is 20.3 Å². The first-order valence-electron chi connectivity index (χ1n) is 12.0. The standard InChI is InChI=1S/C25H27F5N6O3/c1-11(2)36-21-19(22(38)33-24(5,6)32-21)20(34-36)12-7-14(26)13(15(27)8-12)9-18(37)31-17-10-16(39-35-17)23(3,4)25(28,29)30/h7-8,10-11,32H,9H2,1-6H3,(H,33,38)(H,31,35,37). The number of hydrogen-bond donors (Lipinski definition) is 3. The van der Waals surface area contributed by atoms with Gasteiger partial charge in [0.05, 0.1) is 6.42 Å². The van der Waals surface area contributed by atoms with Gasteiger partial charge in [0.1, 0.15) is 39.8 Å². The fourth-order valence-electron chi connectivity index (χ4n) is 4.04. The van der Waals surface area contributed by atoms with Crippen molar-refractivity contribution in [3.05, 3.63) is 46.7 Å². The number of anilines is 2. The molecule has 1 aliphatic heterocycles. The summed E-state index contributed by atoms with van der Waals surface area (Å²) in [6, 6.07) is 2.64. The molecule has 0 aliphatic carbocycles. The number of fused-ring (bicyclic) bond motifs is 1. The van der Waals surface area contributed by atoms with Crippen molar-refractivity contribution in [3.63, 3.8) is 0 Å². The molecule has 3 heterocycles. The molecule has 3 N–H and O–H groups in total. The Kier molecular flexibility index (Phi) is 6.72. The number of rotatable bonds is 6. The first-order valence-corrected chi connectivity index (χ1v) is 12.0. The lowest BCUT2D eigenvalue weighted by molar-refractivity contribution is -0.185. The topological polar surface area (TPSA) is 114 Å². The molecule has 4 rings (SSSR count). The Hall–Kier alpha value is -3.97. The molecule has 3 aromatic rings. The monoisotopic (exact) mass is 554 g/mol. The van der Waals surface area contributed by atoms with Crippen LogP contribution in [0.5, 0.6) is 0 Å². The molecular weight excluding hydrogens is 527 g/mol. The van der Waals surface area contributed by atoms with E-state index >= 15 is 8.78 Å². The number of benzene rings is 1. The minimum atomic E-state index is -4.64. The molecule has 0 radical (unpaired) electrons. The molecule has 2 aromatic heterocycles. The van der Waals surface area contributed by atoms with Crippen LogP contribution in [0.1, 0.15) is 69.3 Å². The number of carbonyl (C=O) groups excluding carboxylic acids is 2. The van der Waals surface area contributed by atoms with E-state index in [1.165, 1.54) is 0 Å². The van der Waals surface area contributed by atoms with Crippen LogP contribution in [-0.4, -0.2) is 38.6 Å². The van der Waals surface area contributed by atoms with Gasteiger partial charge in [-0.2, -0.15) is 18.3 Å². The Bertz CT molecular complexity index is 1430. The predicted octanol–water partition coefficient (Wildman–Crippen LogP) is 5.31. The zero-order valence-corrected chi connectivity index (χ0v) is 22.0. The third-order valence-corrected chi connectivity index (χ3v) is 6.34. The molecule has 9 nitrogen and oxygen atoms in total. The van der Waals surface area contributed by atoms with E-state index < -0.39 is 58.4 Å². The Morgan fingerprint density at radius 1 is 1.13 bits per heavy atom. The highest BCUT2D eigenvalue weighted by atomic mass is 19.4. The maximum absolute atomic E-state index is 15.1. The SMILES string of the molecule is CC(C)n1nc(-c2cc(F)c(CC(=O)Nc3cc(C(C)(C)C(F)(F)F)on3)c(F)c2)c2c1NC(C)(C)NC2=O. The van der Waals surface area contributed by atoms with Crippen LogP contribution in [0.25, 0.3) is 11.3 Å². The molecule has 0 saturated heterocycles. The van der Waals surface area contributed by atoms with Crippen LogP contribution in [0.15, 0.2) is 22.7 Å². The fraction of sp³-hybridized carbons (Fsp3) is 0.440. The van der Waals surface area contributed by atoms with Crippen LogP contribution in [0.3, 0.4) is 0 Å². The van der Waals surface area contributed by atoms with Gasteiger partial charge in [-0.3, -0.25) is 9.59 Å². The van der Waals surface area contributed by atoms with Gasteiger partial charge in [0, 0.05) is 23.2 Å². The smallest absolute Gasteiger partial charge is 0.358 e. The van der Waals surface area contributed by atoms with E-state index in [4.69, 9.17) is 4.52 Å². The van der Waals surface area contributed by atoms with Crippen molar-refractivity contribution >= 4 is 23.5 Å². The second-order valence-corrected chi connectivity index (χ2v) is 10.7. The van der Waals surface area contributed by atoms with Crippen molar-refractivity contribution in [2.75, 3.05) is 10.6 Å². The number of nitrogens with one attached hydrogen (secondary N) is 3. The Morgan fingerprint density at radius 2 is 1.74 bits per heavy atom. The van der Waals surface area contributed by atoms with Crippen LogP contribution in [0.2, 0.25) is 0 Å². The first-order chi connectivity index (χ1) is 17.9. The minimum absolute atomic E-state index is 0.0167. The number of hydrogen-bond acceptors (Lipinski definition) is 6. The second-order valence-electron chi connectivity index (χ2n) is 10.7. The van der Waals surface area contributed by atoms with Gasteiger partial charge in [0.25, 0.3) is 5.91 Å². The normalized spacial score (nSPS) is 15.1. The van der Waals surface area contributed by atoms with E-state index in [0.29, 0.717) is 5.82 Å². The van der Waals surface area contributed by atoms with Crippen LogP contribution in [-0.2, 0) is 16.6 Å². The summed E-state index contributed by atoms with van der Waals surface area (Å²) in [5.41, 5.74) is -3.59. The lowest BCUT2D eigenvalue weighted by Gasteiger charge is -2.33. The highest BCUT2D eigenvalue weighted by Gasteiger charge is 2.51. The van der Waals surface area contributed by atoms with E-state index in [2.05, 4.69) is 26.2 Å². The number of alkyl halides is 3. The summed E-state index contributed by atoms with van der Waals surface area (Å²) in [6.45, 7) is 8.94. The molecule has 2 amide bonds. The largest absolute Gasteiger partial charge is 0.401 e. The zero-order valence-electron chi connectivity index (χ0n) is 22.0. The van der Waals surface area contributed by atoms with Crippen molar-refractivity contribution < 1.29 is 36.1 Å². The van der Waals surface area contributed by atoms with Crippen LogP contribution >= 0.6 is 0 Å². The molecule has 0 unspecified atom stereocenters.